The molecule has 0 amide bonds. The summed E-state index contributed by atoms with van der Waals surface area (Å²) in [7, 11) is 1.86. The van der Waals surface area contributed by atoms with Crippen LogP contribution >= 0.6 is 0 Å². The van der Waals surface area contributed by atoms with E-state index in [9.17, 15) is 4.79 Å². The molecule has 1 fully saturated rings. The fraction of sp³-hybridized carbons (Fsp3) is 0.875. The summed E-state index contributed by atoms with van der Waals surface area (Å²) in [5.41, 5.74) is 0. The first-order valence-electron chi connectivity index (χ1n) is 3.91. The average Bonchev–Trinajstić information content (AvgIpc) is 2.64. The number of hydrogen-bond donors (Lipinski definition) is 1. The quantitative estimate of drug-likeness (QED) is 0.632. The number of nitrogens with one attached hydrogen (secondary N) is 1. The Hall–Kier alpha value is -0.370. The van der Waals surface area contributed by atoms with E-state index in [0.29, 0.717) is 0 Å². The first kappa shape index (κ1) is 7.73. The lowest BCUT2D eigenvalue weighted by atomic mass is 10.1. The first-order chi connectivity index (χ1) is 4.74. The highest BCUT2D eigenvalue weighted by atomic mass is 16.1. The van der Waals surface area contributed by atoms with Gasteiger partial charge in [-0.2, -0.15) is 0 Å². The van der Waals surface area contributed by atoms with E-state index >= 15 is 0 Å². The van der Waals surface area contributed by atoms with Crippen molar-refractivity contribution in [1.82, 2.24) is 5.32 Å². The molecule has 2 heteroatoms. The second-order valence-electron chi connectivity index (χ2n) is 3.13. The van der Waals surface area contributed by atoms with Crippen molar-refractivity contribution >= 4 is 5.78 Å². The molecule has 0 aromatic rings. The van der Waals surface area contributed by atoms with E-state index in [0.717, 1.165) is 12.3 Å². The summed E-state index contributed by atoms with van der Waals surface area (Å²) in [6, 6.07) is 0.118. The standard InChI is InChI=1S/C8H15NO/c1-6(10)8(9-2)5-7-3-4-7/h7-9H,3-5H2,1-2H3/t8-/m0/s1. The fourth-order valence-electron chi connectivity index (χ4n) is 1.17. The molecule has 0 spiro atoms. The zero-order chi connectivity index (χ0) is 7.56. The summed E-state index contributed by atoms with van der Waals surface area (Å²) in [5, 5.41) is 3.02. The molecule has 0 aromatic heterocycles. The van der Waals surface area contributed by atoms with Gasteiger partial charge in [0.25, 0.3) is 0 Å². The van der Waals surface area contributed by atoms with Crippen LogP contribution < -0.4 is 5.32 Å². The van der Waals surface area contributed by atoms with Gasteiger partial charge < -0.3 is 5.32 Å². The van der Waals surface area contributed by atoms with Crippen molar-refractivity contribution in [2.75, 3.05) is 7.05 Å². The Balaban J connectivity index is 2.24. The number of ketones is 1. The summed E-state index contributed by atoms with van der Waals surface area (Å²) in [6.45, 7) is 1.66. The Kier molecular flexibility index (Phi) is 2.44. The molecule has 0 heterocycles. The van der Waals surface area contributed by atoms with E-state index in [1.807, 2.05) is 7.05 Å². The van der Waals surface area contributed by atoms with Crippen LogP contribution in [-0.2, 0) is 4.79 Å². The molecule has 1 saturated carbocycles. The molecule has 1 rings (SSSR count). The summed E-state index contributed by atoms with van der Waals surface area (Å²) >= 11 is 0. The van der Waals surface area contributed by atoms with Gasteiger partial charge in [-0.15, -0.1) is 0 Å². The van der Waals surface area contributed by atoms with Crippen molar-refractivity contribution in [3.63, 3.8) is 0 Å². The molecule has 10 heavy (non-hydrogen) atoms. The van der Waals surface area contributed by atoms with Gasteiger partial charge in [0.2, 0.25) is 0 Å². The summed E-state index contributed by atoms with van der Waals surface area (Å²) in [4.78, 5) is 10.9. The molecule has 1 aliphatic carbocycles. The lowest BCUT2D eigenvalue weighted by molar-refractivity contribution is -0.119. The van der Waals surface area contributed by atoms with Crippen LogP contribution in [0.3, 0.4) is 0 Å². The molecule has 0 aliphatic heterocycles. The number of carbonyl (C=O) groups is 1. The highest BCUT2D eigenvalue weighted by Gasteiger charge is 2.26. The van der Waals surface area contributed by atoms with Gasteiger partial charge in [0.15, 0.2) is 0 Å². The second kappa shape index (κ2) is 3.15. The van der Waals surface area contributed by atoms with Crippen LogP contribution in [0, 0.1) is 5.92 Å². The van der Waals surface area contributed by atoms with Gasteiger partial charge in [-0.05, 0) is 26.3 Å². The number of Topliss-reactive ketones (excluding diaryl/α,β-unsaturated/α-hetero) is 1. The third-order valence-electron chi connectivity index (χ3n) is 2.11. The lowest BCUT2D eigenvalue weighted by Crippen LogP contribution is -2.32. The number of likely N-dealkylation sites (N-methyl/N-ethyl adjacent to an activating group) is 1. The number of carbonyl (C=O) groups excluding carboxylic acids is 1. The fourth-order valence-corrected chi connectivity index (χ4v) is 1.17. The van der Waals surface area contributed by atoms with Gasteiger partial charge in [-0.25, -0.2) is 0 Å². The van der Waals surface area contributed by atoms with E-state index in [-0.39, 0.29) is 11.8 Å². The predicted octanol–water partition coefficient (Wildman–Crippen LogP) is 0.963. The molecule has 2 nitrogen and oxygen atoms in total. The van der Waals surface area contributed by atoms with Crippen LogP contribution in [0.5, 0.6) is 0 Å². The van der Waals surface area contributed by atoms with E-state index in [2.05, 4.69) is 5.32 Å². The Bertz CT molecular complexity index is 129. The van der Waals surface area contributed by atoms with Gasteiger partial charge in [-0.3, -0.25) is 4.79 Å². The molecule has 1 atom stereocenters. The van der Waals surface area contributed by atoms with Crippen LogP contribution in [0.4, 0.5) is 0 Å². The molecule has 1 aliphatic rings. The zero-order valence-corrected chi connectivity index (χ0v) is 6.68. The van der Waals surface area contributed by atoms with Gasteiger partial charge in [0.05, 0.1) is 6.04 Å². The first-order valence-corrected chi connectivity index (χ1v) is 3.91. The van der Waals surface area contributed by atoms with Gasteiger partial charge in [0, 0.05) is 0 Å². The van der Waals surface area contributed by atoms with E-state index in [1.165, 1.54) is 12.8 Å². The van der Waals surface area contributed by atoms with E-state index in [1.54, 1.807) is 6.92 Å². The molecule has 0 bridgehead atoms. The van der Waals surface area contributed by atoms with Crippen LogP contribution in [0.1, 0.15) is 26.2 Å². The van der Waals surface area contributed by atoms with Gasteiger partial charge >= 0.3 is 0 Å². The minimum absolute atomic E-state index is 0.118. The molecule has 58 valence electrons. The SMILES string of the molecule is CN[C@@H](CC1CC1)C(C)=O. The monoisotopic (exact) mass is 141 g/mol. The third-order valence-corrected chi connectivity index (χ3v) is 2.11. The van der Waals surface area contributed by atoms with Crippen molar-refractivity contribution in [3.05, 3.63) is 0 Å². The van der Waals surface area contributed by atoms with Crippen molar-refractivity contribution in [3.8, 4) is 0 Å². The van der Waals surface area contributed by atoms with Gasteiger partial charge in [0.1, 0.15) is 5.78 Å². The van der Waals surface area contributed by atoms with Crippen molar-refractivity contribution in [2.24, 2.45) is 5.92 Å². The maximum atomic E-state index is 10.9. The topological polar surface area (TPSA) is 29.1 Å². The average molecular weight is 141 g/mol. The molecule has 0 saturated heterocycles. The second-order valence-corrected chi connectivity index (χ2v) is 3.13. The maximum Gasteiger partial charge on any atom is 0.146 e. The Morgan fingerprint density at radius 3 is 2.60 bits per heavy atom. The lowest BCUT2D eigenvalue weighted by Gasteiger charge is -2.10. The molecular weight excluding hydrogens is 126 g/mol. The van der Waals surface area contributed by atoms with Crippen molar-refractivity contribution in [1.29, 1.82) is 0 Å². The molecular formula is C8H15NO. The molecule has 0 unspecified atom stereocenters. The summed E-state index contributed by atoms with van der Waals surface area (Å²) in [6.07, 6.45) is 3.70. The summed E-state index contributed by atoms with van der Waals surface area (Å²) < 4.78 is 0. The predicted molar refractivity (Wildman–Crippen MR) is 40.9 cm³/mol. The van der Waals surface area contributed by atoms with Crippen LogP contribution in [0.25, 0.3) is 0 Å². The van der Waals surface area contributed by atoms with E-state index < -0.39 is 0 Å². The number of rotatable bonds is 4. The molecule has 0 radical (unpaired) electrons. The minimum Gasteiger partial charge on any atom is -0.311 e. The Morgan fingerprint density at radius 2 is 2.30 bits per heavy atom. The van der Waals surface area contributed by atoms with Crippen LogP contribution in [-0.4, -0.2) is 18.9 Å². The third kappa shape index (κ3) is 2.10. The largest absolute Gasteiger partial charge is 0.311 e. The smallest absolute Gasteiger partial charge is 0.146 e. The Labute approximate surface area is 62.0 Å². The Morgan fingerprint density at radius 1 is 1.70 bits per heavy atom. The minimum atomic E-state index is 0.118. The normalized spacial score (nSPS) is 20.6. The van der Waals surface area contributed by atoms with Crippen LogP contribution in [0.15, 0.2) is 0 Å². The van der Waals surface area contributed by atoms with Gasteiger partial charge in [-0.1, -0.05) is 12.8 Å². The van der Waals surface area contributed by atoms with Crippen LogP contribution in [0.2, 0.25) is 0 Å². The van der Waals surface area contributed by atoms with Crippen molar-refractivity contribution in [2.45, 2.75) is 32.2 Å². The van der Waals surface area contributed by atoms with Crippen molar-refractivity contribution < 1.29 is 4.79 Å². The number of hydrogen-bond acceptors (Lipinski definition) is 2. The molecule has 0 aromatic carbocycles. The maximum absolute atomic E-state index is 10.9. The van der Waals surface area contributed by atoms with E-state index in [4.69, 9.17) is 0 Å². The highest BCUT2D eigenvalue weighted by molar-refractivity contribution is 5.81. The summed E-state index contributed by atoms with van der Waals surface area (Å²) in [5.74, 6) is 1.11. The highest BCUT2D eigenvalue weighted by Crippen LogP contribution is 2.33. The molecule has 1 N–H and O–H groups in total. The zero-order valence-electron chi connectivity index (χ0n) is 6.68.